The van der Waals surface area contributed by atoms with Crippen LogP contribution in [0.5, 0.6) is 0 Å². The van der Waals surface area contributed by atoms with Crippen molar-refractivity contribution in [2.45, 2.75) is 63.5 Å². The van der Waals surface area contributed by atoms with Crippen LogP contribution < -0.4 is 5.32 Å². The van der Waals surface area contributed by atoms with E-state index in [0.29, 0.717) is 31.5 Å². The van der Waals surface area contributed by atoms with Crippen molar-refractivity contribution in [3.05, 3.63) is 70.5 Å². The highest BCUT2D eigenvalue weighted by molar-refractivity contribution is 5.80. The molecule has 1 unspecified atom stereocenters. The molecule has 2 aliphatic rings. The van der Waals surface area contributed by atoms with E-state index >= 15 is 0 Å². The van der Waals surface area contributed by atoms with Gasteiger partial charge in [0.2, 0.25) is 11.8 Å². The zero-order valence-electron chi connectivity index (χ0n) is 21.9. The van der Waals surface area contributed by atoms with Crippen LogP contribution in [-0.2, 0) is 9.59 Å². The topological polar surface area (TPSA) is 52.7 Å². The van der Waals surface area contributed by atoms with Crippen molar-refractivity contribution < 1.29 is 22.8 Å². The van der Waals surface area contributed by atoms with Crippen LogP contribution in [0, 0.1) is 23.4 Å². The zero-order chi connectivity index (χ0) is 26.9. The number of piperidine rings is 1. The van der Waals surface area contributed by atoms with Crippen LogP contribution in [0.2, 0.25) is 0 Å². The molecule has 8 heteroatoms. The normalized spacial score (nSPS) is 23.4. The Labute approximate surface area is 217 Å². The molecule has 1 saturated carbocycles. The molecule has 1 heterocycles. The molecular weight excluding hydrogens is 479 g/mol. The molecule has 200 valence electrons. The Balaban J connectivity index is 1.50. The molecule has 1 saturated heterocycles. The first kappa shape index (κ1) is 27.2. The molecule has 2 fully saturated rings. The van der Waals surface area contributed by atoms with Gasteiger partial charge in [0, 0.05) is 38.0 Å². The molecule has 1 N–H and O–H groups in total. The number of likely N-dealkylation sites (tertiary alicyclic amines) is 1. The smallest absolute Gasteiger partial charge is 0.226 e. The van der Waals surface area contributed by atoms with E-state index in [0.717, 1.165) is 30.0 Å². The van der Waals surface area contributed by atoms with Crippen molar-refractivity contribution in [2.75, 3.05) is 27.2 Å². The van der Waals surface area contributed by atoms with Crippen LogP contribution in [0.1, 0.15) is 74.1 Å². The third-order valence-electron chi connectivity index (χ3n) is 8.13. The third-order valence-corrected chi connectivity index (χ3v) is 8.13. The number of rotatable bonds is 6. The van der Waals surface area contributed by atoms with Crippen molar-refractivity contribution in [1.82, 2.24) is 15.1 Å². The maximum atomic E-state index is 14.7. The SMILES string of the molecule is CC(=O)N[C@H](C)c1cc(F)ccc1C1CCN(C(=O)C2C[C@H](N(C)C)C[C@H]2c2ccc(F)cc2F)CC1. The Morgan fingerprint density at radius 3 is 2.19 bits per heavy atom. The Kier molecular flexibility index (Phi) is 8.26. The number of nitrogens with zero attached hydrogens (tertiary/aromatic N) is 2. The fourth-order valence-corrected chi connectivity index (χ4v) is 6.17. The molecule has 0 radical (unpaired) electrons. The van der Waals surface area contributed by atoms with E-state index in [2.05, 4.69) is 10.2 Å². The minimum absolute atomic E-state index is 0.0162. The largest absolute Gasteiger partial charge is 0.350 e. The summed E-state index contributed by atoms with van der Waals surface area (Å²) >= 11 is 0. The van der Waals surface area contributed by atoms with Crippen molar-refractivity contribution in [2.24, 2.45) is 5.92 Å². The van der Waals surface area contributed by atoms with E-state index in [1.54, 1.807) is 6.07 Å². The van der Waals surface area contributed by atoms with Gasteiger partial charge in [0.05, 0.1) is 6.04 Å². The number of nitrogens with one attached hydrogen (secondary N) is 1. The van der Waals surface area contributed by atoms with Gasteiger partial charge in [-0.3, -0.25) is 9.59 Å². The number of benzene rings is 2. The third kappa shape index (κ3) is 6.00. The number of amides is 2. The molecule has 0 aromatic heterocycles. The van der Waals surface area contributed by atoms with E-state index in [4.69, 9.17) is 0 Å². The first-order valence-electron chi connectivity index (χ1n) is 13.0. The highest BCUT2D eigenvalue weighted by Crippen LogP contribution is 2.44. The van der Waals surface area contributed by atoms with Gasteiger partial charge in [0.15, 0.2) is 0 Å². The van der Waals surface area contributed by atoms with Gasteiger partial charge < -0.3 is 15.1 Å². The molecule has 1 aliphatic carbocycles. The molecule has 0 spiro atoms. The monoisotopic (exact) mass is 515 g/mol. The number of hydrogen-bond acceptors (Lipinski definition) is 3. The molecular formula is C29H36F3N3O2. The first-order valence-corrected chi connectivity index (χ1v) is 13.0. The van der Waals surface area contributed by atoms with Gasteiger partial charge in [-0.2, -0.15) is 0 Å². The summed E-state index contributed by atoms with van der Waals surface area (Å²) in [5.41, 5.74) is 2.16. The minimum atomic E-state index is -0.624. The number of hydrogen-bond donors (Lipinski definition) is 1. The van der Waals surface area contributed by atoms with Crippen molar-refractivity contribution in [3.8, 4) is 0 Å². The molecule has 0 bridgehead atoms. The molecule has 4 rings (SSSR count). The quantitative estimate of drug-likeness (QED) is 0.580. The average molecular weight is 516 g/mol. The van der Waals surface area contributed by atoms with Crippen molar-refractivity contribution >= 4 is 11.8 Å². The molecule has 1 aliphatic heterocycles. The minimum Gasteiger partial charge on any atom is -0.350 e. The summed E-state index contributed by atoms with van der Waals surface area (Å²) in [6.07, 6.45) is 2.71. The van der Waals surface area contributed by atoms with Crippen LogP contribution in [0.3, 0.4) is 0 Å². The van der Waals surface area contributed by atoms with Crippen LogP contribution >= 0.6 is 0 Å². The van der Waals surface area contributed by atoms with Crippen LogP contribution in [0.15, 0.2) is 36.4 Å². The highest BCUT2D eigenvalue weighted by Gasteiger charge is 2.43. The summed E-state index contributed by atoms with van der Waals surface area (Å²) in [7, 11) is 3.92. The van der Waals surface area contributed by atoms with Crippen molar-refractivity contribution in [1.29, 1.82) is 0 Å². The summed E-state index contributed by atoms with van der Waals surface area (Å²) in [5, 5.41) is 2.84. The van der Waals surface area contributed by atoms with Gasteiger partial charge in [-0.25, -0.2) is 13.2 Å². The van der Waals surface area contributed by atoms with E-state index in [9.17, 15) is 22.8 Å². The Morgan fingerprint density at radius 2 is 1.59 bits per heavy atom. The lowest BCUT2D eigenvalue weighted by molar-refractivity contribution is -0.137. The number of carbonyl (C=O) groups is 2. The average Bonchev–Trinajstić information content (AvgIpc) is 3.29. The summed E-state index contributed by atoms with van der Waals surface area (Å²) in [6.45, 7) is 4.38. The molecule has 37 heavy (non-hydrogen) atoms. The molecule has 2 aromatic rings. The van der Waals surface area contributed by atoms with Gasteiger partial charge >= 0.3 is 0 Å². The maximum absolute atomic E-state index is 14.7. The van der Waals surface area contributed by atoms with Gasteiger partial charge in [0.1, 0.15) is 17.5 Å². The molecule has 2 amide bonds. The van der Waals surface area contributed by atoms with Gasteiger partial charge in [0.25, 0.3) is 0 Å². The fourth-order valence-electron chi connectivity index (χ4n) is 6.17. The summed E-state index contributed by atoms with van der Waals surface area (Å²) in [6, 6.07) is 8.16. The Bertz CT molecular complexity index is 1150. The zero-order valence-corrected chi connectivity index (χ0v) is 21.9. The predicted octanol–water partition coefficient (Wildman–Crippen LogP) is 5.13. The number of carbonyl (C=O) groups excluding carboxylic acids is 2. The standard InChI is InChI=1S/C29H36F3N3O2/c1-17(33-18(2)36)25-13-20(30)5-7-23(25)19-9-11-35(12-10-19)29(37)27-16-22(34(3)4)15-26(27)24-8-6-21(31)14-28(24)32/h5-8,13-14,17,19,22,26-27H,9-12,15-16H2,1-4H3,(H,33,36)/t17-,22-,26+,27?/m1/s1. The van der Waals surface area contributed by atoms with E-state index < -0.39 is 11.6 Å². The molecule has 2 aromatic carbocycles. The predicted molar refractivity (Wildman–Crippen MR) is 136 cm³/mol. The molecule has 4 atom stereocenters. The van der Waals surface area contributed by atoms with E-state index in [-0.39, 0.29) is 47.5 Å². The van der Waals surface area contributed by atoms with Crippen LogP contribution in [-0.4, -0.2) is 54.8 Å². The lowest BCUT2D eigenvalue weighted by Gasteiger charge is -2.36. The lowest BCUT2D eigenvalue weighted by atomic mass is 9.83. The summed E-state index contributed by atoms with van der Waals surface area (Å²) in [4.78, 5) is 29.2. The van der Waals surface area contributed by atoms with Gasteiger partial charge in [-0.1, -0.05) is 12.1 Å². The highest BCUT2D eigenvalue weighted by atomic mass is 19.1. The van der Waals surface area contributed by atoms with Gasteiger partial charge in [-0.15, -0.1) is 0 Å². The summed E-state index contributed by atoms with van der Waals surface area (Å²) < 4.78 is 42.3. The van der Waals surface area contributed by atoms with Gasteiger partial charge in [-0.05, 0) is 93.4 Å². The second kappa shape index (κ2) is 11.3. The maximum Gasteiger partial charge on any atom is 0.226 e. The van der Waals surface area contributed by atoms with Crippen molar-refractivity contribution in [3.63, 3.8) is 0 Å². The fraction of sp³-hybridized carbons (Fsp3) is 0.517. The van der Waals surface area contributed by atoms with E-state index in [1.165, 1.54) is 31.2 Å². The summed E-state index contributed by atoms with van der Waals surface area (Å²) in [5.74, 6) is -2.27. The number of halogens is 3. The Hall–Kier alpha value is -2.87. The second-order valence-electron chi connectivity index (χ2n) is 10.8. The lowest BCUT2D eigenvalue weighted by Crippen LogP contribution is -2.42. The van der Waals surface area contributed by atoms with Crippen LogP contribution in [0.25, 0.3) is 0 Å². The Morgan fingerprint density at radius 1 is 0.973 bits per heavy atom. The first-order chi connectivity index (χ1) is 17.5. The van der Waals surface area contributed by atoms with Crippen LogP contribution in [0.4, 0.5) is 13.2 Å². The van der Waals surface area contributed by atoms with E-state index in [1.807, 2.05) is 25.9 Å². The second-order valence-corrected chi connectivity index (χ2v) is 10.8. The molecule has 5 nitrogen and oxygen atoms in total.